The summed E-state index contributed by atoms with van der Waals surface area (Å²) in [5.41, 5.74) is 0.587. The highest BCUT2D eigenvalue weighted by Crippen LogP contribution is 2.22. The van der Waals surface area contributed by atoms with E-state index < -0.39 is 5.60 Å². The fraction of sp³-hybridized carbons (Fsp3) is 0.667. The number of likely N-dealkylation sites (tertiary alicyclic amines) is 1. The first-order chi connectivity index (χ1) is 11.6. The van der Waals surface area contributed by atoms with Crippen LogP contribution in [-0.2, 0) is 11.3 Å². The van der Waals surface area contributed by atoms with Crippen molar-refractivity contribution < 1.29 is 14.3 Å². The van der Waals surface area contributed by atoms with Gasteiger partial charge in [0, 0.05) is 38.5 Å². The summed E-state index contributed by atoms with van der Waals surface area (Å²) in [5, 5.41) is 0.431. The summed E-state index contributed by atoms with van der Waals surface area (Å²) in [6.45, 7) is 7.62. The zero-order valence-electron chi connectivity index (χ0n) is 15.7. The molecule has 2 heterocycles. The lowest BCUT2D eigenvalue weighted by Crippen LogP contribution is -2.44. The van der Waals surface area contributed by atoms with E-state index in [0.717, 1.165) is 24.9 Å². The molecule has 1 fully saturated rings. The number of aromatic nitrogens is 1. The number of carbonyl (C=O) groups is 1. The number of carbonyl (C=O) groups excluding carboxylic acids is 1. The normalized spacial score (nSPS) is 16.2. The molecule has 0 radical (unpaired) electrons. The van der Waals surface area contributed by atoms with Gasteiger partial charge in [0.2, 0.25) is 5.88 Å². The van der Waals surface area contributed by atoms with Crippen molar-refractivity contribution in [2.45, 2.75) is 51.9 Å². The van der Waals surface area contributed by atoms with Gasteiger partial charge in [0.15, 0.2) is 0 Å². The molecular weight excluding hydrogens is 342 g/mol. The molecule has 0 unspecified atom stereocenters. The molecule has 0 spiro atoms. The molecule has 0 aromatic carbocycles. The van der Waals surface area contributed by atoms with E-state index in [1.54, 1.807) is 4.90 Å². The number of hydrogen-bond donors (Lipinski definition) is 0. The highest BCUT2D eigenvalue weighted by atomic mass is 35.5. The van der Waals surface area contributed by atoms with E-state index in [2.05, 4.69) is 9.88 Å². The molecule has 0 aliphatic carbocycles. The predicted octanol–water partition coefficient (Wildman–Crippen LogP) is 3.57. The number of nitrogens with zero attached hydrogens (tertiary/aromatic N) is 3. The molecule has 7 heteroatoms. The van der Waals surface area contributed by atoms with E-state index in [1.165, 1.54) is 0 Å². The standard InChI is InChI=1S/C18H28ClN3O3/c1-18(2,3)25-17(23)22-8-6-14(7-9-22)24-16-11-13(12-21(4)5)10-15(19)20-16/h10-11,14H,6-9,12H2,1-5H3. The summed E-state index contributed by atoms with van der Waals surface area (Å²) in [6.07, 6.45) is 1.25. The van der Waals surface area contributed by atoms with Gasteiger partial charge in [-0.1, -0.05) is 11.6 Å². The van der Waals surface area contributed by atoms with Crippen LogP contribution < -0.4 is 4.74 Å². The number of ether oxygens (including phenoxy) is 2. The van der Waals surface area contributed by atoms with Crippen molar-refractivity contribution in [3.63, 3.8) is 0 Å². The SMILES string of the molecule is CN(C)Cc1cc(Cl)nc(OC2CCN(C(=O)OC(C)(C)C)CC2)c1. The van der Waals surface area contributed by atoms with Crippen LogP contribution in [0, 0.1) is 0 Å². The minimum absolute atomic E-state index is 0.0249. The van der Waals surface area contributed by atoms with Crippen LogP contribution in [0.25, 0.3) is 0 Å². The first kappa shape index (κ1) is 19.8. The number of amides is 1. The number of pyridine rings is 1. The zero-order chi connectivity index (χ0) is 18.6. The van der Waals surface area contributed by atoms with Gasteiger partial charge in [-0.15, -0.1) is 0 Å². The highest BCUT2D eigenvalue weighted by Gasteiger charge is 2.27. The van der Waals surface area contributed by atoms with Crippen LogP contribution in [-0.4, -0.2) is 59.8 Å². The van der Waals surface area contributed by atoms with Crippen molar-refractivity contribution in [2.24, 2.45) is 0 Å². The second kappa shape index (κ2) is 8.23. The van der Waals surface area contributed by atoms with Crippen LogP contribution in [0.3, 0.4) is 0 Å². The first-order valence-electron chi connectivity index (χ1n) is 8.58. The van der Waals surface area contributed by atoms with Gasteiger partial charge in [0.1, 0.15) is 16.9 Å². The van der Waals surface area contributed by atoms with Gasteiger partial charge < -0.3 is 19.3 Å². The first-order valence-corrected chi connectivity index (χ1v) is 8.96. The van der Waals surface area contributed by atoms with Crippen molar-refractivity contribution in [3.05, 3.63) is 22.8 Å². The topological polar surface area (TPSA) is 54.9 Å². The maximum atomic E-state index is 12.1. The van der Waals surface area contributed by atoms with Crippen LogP contribution in [0.2, 0.25) is 5.15 Å². The Labute approximate surface area is 155 Å². The second-order valence-corrected chi connectivity index (χ2v) is 8.05. The van der Waals surface area contributed by atoms with Crippen LogP contribution in [0.4, 0.5) is 4.79 Å². The van der Waals surface area contributed by atoms with Gasteiger partial charge in [-0.05, 0) is 46.5 Å². The summed E-state index contributed by atoms with van der Waals surface area (Å²) in [6, 6.07) is 3.77. The average Bonchev–Trinajstić information content (AvgIpc) is 2.44. The molecule has 0 saturated carbocycles. The molecule has 1 saturated heterocycles. The molecule has 0 bridgehead atoms. The minimum atomic E-state index is -0.474. The maximum absolute atomic E-state index is 12.1. The molecule has 1 aromatic heterocycles. The van der Waals surface area contributed by atoms with Crippen LogP contribution in [0.15, 0.2) is 12.1 Å². The molecule has 6 nitrogen and oxygen atoms in total. The van der Waals surface area contributed by atoms with Crippen molar-refractivity contribution >= 4 is 17.7 Å². The Kier molecular flexibility index (Phi) is 6.52. The zero-order valence-corrected chi connectivity index (χ0v) is 16.5. The van der Waals surface area contributed by atoms with E-state index in [0.29, 0.717) is 24.1 Å². The van der Waals surface area contributed by atoms with Gasteiger partial charge in [-0.2, -0.15) is 0 Å². The molecule has 1 aliphatic rings. The molecule has 1 aromatic rings. The number of piperidine rings is 1. The van der Waals surface area contributed by atoms with Gasteiger partial charge in [-0.3, -0.25) is 0 Å². The quantitative estimate of drug-likeness (QED) is 0.759. The van der Waals surface area contributed by atoms with E-state index >= 15 is 0 Å². The molecule has 1 amide bonds. The number of rotatable bonds is 4. The predicted molar refractivity (Wildman–Crippen MR) is 98.1 cm³/mol. The summed E-state index contributed by atoms with van der Waals surface area (Å²) < 4.78 is 11.4. The molecule has 1 aliphatic heterocycles. The summed E-state index contributed by atoms with van der Waals surface area (Å²) in [4.78, 5) is 20.2. The molecular formula is C18H28ClN3O3. The van der Waals surface area contributed by atoms with Gasteiger partial charge in [-0.25, -0.2) is 9.78 Å². The number of halogens is 1. The number of hydrogen-bond acceptors (Lipinski definition) is 5. The Morgan fingerprint density at radius 1 is 1.32 bits per heavy atom. The van der Waals surface area contributed by atoms with Crippen LogP contribution >= 0.6 is 11.6 Å². The second-order valence-electron chi connectivity index (χ2n) is 7.66. The summed E-state index contributed by atoms with van der Waals surface area (Å²) >= 11 is 6.10. The fourth-order valence-electron chi connectivity index (χ4n) is 2.69. The monoisotopic (exact) mass is 369 g/mol. The maximum Gasteiger partial charge on any atom is 0.410 e. The van der Waals surface area contributed by atoms with E-state index in [4.69, 9.17) is 21.1 Å². The molecule has 0 N–H and O–H groups in total. The fourth-order valence-corrected chi connectivity index (χ4v) is 2.92. The molecule has 25 heavy (non-hydrogen) atoms. The van der Waals surface area contributed by atoms with Crippen LogP contribution in [0.5, 0.6) is 5.88 Å². The minimum Gasteiger partial charge on any atom is -0.474 e. The Bertz CT molecular complexity index is 594. The summed E-state index contributed by atoms with van der Waals surface area (Å²) in [5.74, 6) is 0.542. The van der Waals surface area contributed by atoms with Crippen molar-refractivity contribution in [1.29, 1.82) is 0 Å². The van der Waals surface area contributed by atoms with Crippen molar-refractivity contribution in [1.82, 2.24) is 14.8 Å². The van der Waals surface area contributed by atoms with Crippen molar-refractivity contribution in [2.75, 3.05) is 27.2 Å². The molecule has 0 atom stereocenters. The van der Waals surface area contributed by atoms with E-state index in [-0.39, 0.29) is 12.2 Å². The third-order valence-electron chi connectivity index (χ3n) is 3.71. The van der Waals surface area contributed by atoms with Gasteiger partial charge >= 0.3 is 6.09 Å². The Morgan fingerprint density at radius 2 is 1.96 bits per heavy atom. The Hall–Kier alpha value is -1.53. The largest absolute Gasteiger partial charge is 0.474 e. The lowest BCUT2D eigenvalue weighted by molar-refractivity contribution is 0.0123. The van der Waals surface area contributed by atoms with Gasteiger partial charge in [0.05, 0.1) is 0 Å². The third-order valence-corrected chi connectivity index (χ3v) is 3.90. The molecule has 140 valence electrons. The van der Waals surface area contributed by atoms with Crippen molar-refractivity contribution in [3.8, 4) is 5.88 Å². The Morgan fingerprint density at radius 3 is 2.52 bits per heavy atom. The molecule has 2 rings (SSSR count). The smallest absolute Gasteiger partial charge is 0.410 e. The Balaban J connectivity index is 1.90. The lowest BCUT2D eigenvalue weighted by atomic mass is 10.1. The summed E-state index contributed by atoms with van der Waals surface area (Å²) in [7, 11) is 4.00. The van der Waals surface area contributed by atoms with E-state index in [1.807, 2.05) is 47.0 Å². The van der Waals surface area contributed by atoms with Gasteiger partial charge in [0.25, 0.3) is 0 Å². The van der Waals surface area contributed by atoms with E-state index in [9.17, 15) is 4.79 Å². The highest BCUT2D eigenvalue weighted by molar-refractivity contribution is 6.29. The van der Waals surface area contributed by atoms with Crippen LogP contribution in [0.1, 0.15) is 39.2 Å². The third kappa shape index (κ3) is 6.71. The average molecular weight is 370 g/mol. The lowest BCUT2D eigenvalue weighted by Gasteiger charge is -2.33.